The van der Waals surface area contributed by atoms with E-state index in [0.717, 1.165) is 23.7 Å². The number of halogens is 1. The maximum absolute atomic E-state index is 13.0. The van der Waals surface area contributed by atoms with Crippen molar-refractivity contribution in [2.75, 3.05) is 0 Å². The number of alkyl halides is 1. The maximum Gasteiger partial charge on any atom is 0.226 e. The fraction of sp³-hybridized carbons (Fsp3) is 0.938. The molecule has 0 aromatic carbocycles. The van der Waals surface area contributed by atoms with Crippen molar-refractivity contribution in [3.8, 4) is 0 Å². The van der Waals surface area contributed by atoms with Crippen LogP contribution in [0.25, 0.3) is 0 Å². The second kappa shape index (κ2) is 3.78. The molecule has 2 heterocycles. The number of rotatable bonds is 1. The van der Waals surface area contributed by atoms with Crippen molar-refractivity contribution >= 4 is 21.8 Å². The molecule has 0 spiro atoms. The summed E-state index contributed by atoms with van der Waals surface area (Å²) in [6.07, 6.45) is 9.20. The Labute approximate surface area is 123 Å². The van der Waals surface area contributed by atoms with E-state index in [4.69, 9.17) is 0 Å². The van der Waals surface area contributed by atoms with Crippen LogP contribution in [0.15, 0.2) is 0 Å². The molecule has 5 rings (SSSR count). The zero-order chi connectivity index (χ0) is 12.7. The van der Waals surface area contributed by atoms with Crippen molar-refractivity contribution in [3.05, 3.63) is 0 Å². The summed E-state index contributed by atoms with van der Waals surface area (Å²) < 4.78 is 0. The van der Waals surface area contributed by atoms with Gasteiger partial charge in [0.1, 0.15) is 0 Å². The Balaban J connectivity index is 1.37. The van der Waals surface area contributed by atoms with E-state index in [0.29, 0.717) is 28.7 Å². The van der Waals surface area contributed by atoms with Crippen molar-refractivity contribution in [1.29, 1.82) is 0 Å². The van der Waals surface area contributed by atoms with Crippen molar-refractivity contribution in [1.82, 2.24) is 4.90 Å². The number of amides is 1. The van der Waals surface area contributed by atoms with E-state index in [1.54, 1.807) is 0 Å². The summed E-state index contributed by atoms with van der Waals surface area (Å²) in [7, 11) is 0. The van der Waals surface area contributed by atoms with E-state index in [-0.39, 0.29) is 0 Å². The van der Waals surface area contributed by atoms with Crippen LogP contribution in [0.5, 0.6) is 0 Å². The standard InChI is InChI=1S/C16H22BrNO/c17-10-6-11-3-4-12(7-10)18(11)16(19)15-13-8-1-2-9(5-8)14(13)15/h8-15H,1-7H2. The van der Waals surface area contributed by atoms with Gasteiger partial charge >= 0.3 is 0 Å². The molecule has 19 heavy (non-hydrogen) atoms. The summed E-state index contributed by atoms with van der Waals surface area (Å²) in [5.41, 5.74) is 0. The van der Waals surface area contributed by atoms with Gasteiger partial charge in [0.05, 0.1) is 0 Å². The molecule has 3 saturated carbocycles. The second-order valence-corrected chi connectivity index (χ2v) is 9.01. The average Bonchev–Trinajstić information content (AvgIpc) is 2.68. The van der Waals surface area contributed by atoms with Crippen LogP contribution in [0.1, 0.15) is 44.9 Å². The fourth-order valence-electron chi connectivity index (χ4n) is 6.30. The lowest BCUT2D eigenvalue weighted by atomic mass is 9.98. The van der Waals surface area contributed by atoms with Gasteiger partial charge < -0.3 is 4.90 Å². The van der Waals surface area contributed by atoms with E-state index in [2.05, 4.69) is 20.8 Å². The molecular formula is C16H22BrNO. The minimum Gasteiger partial charge on any atom is -0.336 e. The number of hydrogen-bond acceptors (Lipinski definition) is 1. The lowest BCUT2D eigenvalue weighted by Crippen LogP contribution is -2.48. The summed E-state index contributed by atoms with van der Waals surface area (Å²) in [4.78, 5) is 16.0. The Morgan fingerprint density at radius 2 is 1.47 bits per heavy atom. The van der Waals surface area contributed by atoms with Crippen LogP contribution < -0.4 is 0 Å². The normalized spacial score (nSPS) is 57.4. The van der Waals surface area contributed by atoms with Crippen LogP contribution >= 0.6 is 15.9 Å². The number of carbonyl (C=O) groups is 1. The van der Waals surface area contributed by atoms with E-state index in [1.165, 1.54) is 44.9 Å². The summed E-state index contributed by atoms with van der Waals surface area (Å²) >= 11 is 3.78. The Bertz CT molecular complexity index is 408. The molecule has 5 fully saturated rings. The number of nitrogens with zero attached hydrogens (tertiary/aromatic N) is 1. The van der Waals surface area contributed by atoms with Crippen molar-refractivity contribution < 1.29 is 4.79 Å². The van der Waals surface area contributed by atoms with Gasteiger partial charge in [-0.2, -0.15) is 0 Å². The highest BCUT2D eigenvalue weighted by molar-refractivity contribution is 9.09. The number of carbonyl (C=O) groups excluding carboxylic acids is 1. The molecule has 104 valence electrons. The molecule has 3 heteroatoms. The maximum atomic E-state index is 13.0. The summed E-state index contributed by atoms with van der Waals surface area (Å²) in [6.45, 7) is 0. The molecule has 0 N–H and O–H groups in total. The Kier molecular flexibility index (Phi) is 2.30. The quantitative estimate of drug-likeness (QED) is 0.679. The third-order valence-corrected chi connectivity index (χ3v) is 7.70. The van der Waals surface area contributed by atoms with Gasteiger partial charge in [-0.05, 0) is 68.6 Å². The summed E-state index contributed by atoms with van der Waals surface area (Å²) in [5.74, 6) is 4.50. The third kappa shape index (κ3) is 1.46. The molecule has 3 aliphatic carbocycles. The van der Waals surface area contributed by atoms with Crippen molar-refractivity contribution in [2.45, 2.75) is 61.9 Å². The lowest BCUT2D eigenvalue weighted by Gasteiger charge is -2.38. The highest BCUT2D eigenvalue weighted by Crippen LogP contribution is 2.70. The Morgan fingerprint density at radius 3 is 2.05 bits per heavy atom. The van der Waals surface area contributed by atoms with Crippen LogP contribution in [-0.2, 0) is 4.79 Å². The molecule has 6 unspecified atom stereocenters. The van der Waals surface area contributed by atoms with Crippen LogP contribution in [-0.4, -0.2) is 27.7 Å². The Hall–Kier alpha value is -0.0500. The van der Waals surface area contributed by atoms with Crippen LogP contribution in [0.2, 0.25) is 0 Å². The predicted octanol–water partition coefficient (Wildman–Crippen LogP) is 3.20. The van der Waals surface area contributed by atoms with E-state index >= 15 is 0 Å². The third-order valence-electron chi connectivity index (χ3n) is 6.95. The van der Waals surface area contributed by atoms with Gasteiger partial charge in [0.2, 0.25) is 5.91 Å². The molecule has 6 atom stereocenters. The largest absolute Gasteiger partial charge is 0.336 e. The van der Waals surface area contributed by atoms with Crippen LogP contribution in [0, 0.1) is 29.6 Å². The molecule has 5 aliphatic rings. The molecule has 0 aromatic rings. The van der Waals surface area contributed by atoms with Gasteiger partial charge in [-0.3, -0.25) is 4.79 Å². The average molecular weight is 324 g/mol. The minimum atomic E-state index is 0.459. The van der Waals surface area contributed by atoms with E-state index in [9.17, 15) is 4.79 Å². The molecule has 2 aliphatic heterocycles. The van der Waals surface area contributed by atoms with Gasteiger partial charge in [-0.15, -0.1) is 0 Å². The number of fused-ring (bicyclic) bond motifs is 7. The SMILES string of the molecule is O=C(C1C2C3CCC(C3)C12)N1C2CCC1CC(Br)C2. The van der Waals surface area contributed by atoms with Crippen molar-refractivity contribution in [3.63, 3.8) is 0 Å². The van der Waals surface area contributed by atoms with E-state index < -0.39 is 0 Å². The molecule has 0 radical (unpaired) electrons. The van der Waals surface area contributed by atoms with Gasteiger partial charge in [-0.25, -0.2) is 0 Å². The Morgan fingerprint density at radius 1 is 0.895 bits per heavy atom. The van der Waals surface area contributed by atoms with Gasteiger partial charge in [0.25, 0.3) is 0 Å². The number of piperidine rings is 1. The smallest absolute Gasteiger partial charge is 0.226 e. The summed E-state index contributed by atoms with van der Waals surface area (Å²) in [5, 5.41) is 0. The van der Waals surface area contributed by atoms with E-state index in [1.807, 2.05) is 0 Å². The minimum absolute atomic E-state index is 0.459. The molecule has 2 saturated heterocycles. The zero-order valence-corrected chi connectivity index (χ0v) is 12.9. The zero-order valence-electron chi connectivity index (χ0n) is 11.3. The van der Waals surface area contributed by atoms with Crippen molar-refractivity contribution in [2.24, 2.45) is 29.6 Å². The predicted molar refractivity (Wildman–Crippen MR) is 76.9 cm³/mol. The molecule has 2 nitrogen and oxygen atoms in total. The summed E-state index contributed by atoms with van der Waals surface area (Å²) in [6, 6.07) is 1.13. The van der Waals surface area contributed by atoms with Gasteiger partial charge in [0.15, 0.2) is 0 Å². The highest BCUT2D eigenvalue weighted by atomic mass is 79.9. The molecule has 0 aromatic heterocycles. The van der Waals surface area contributed by atoms with Crippen LogP contribution in [0.3, 0.4) is 0 Å². The van der Waals surface area contributed by atoms with Gasteiger partial charge in [-0.1, -0.05) is 15.9 Å². The first-order chi connectivity index (χ1) is 9.24. The fourth-order valence-corrected chi connectivity index (χ4v) is 7.16. The first-order valence-electron chi connectivity index (χ1n) is 8.20. The highest BCUT2D eigenvalue weighted by Gasteiger charge is 2.68. The second-order valence-electron chi connectivity index (χ2n) is 7.71. The topological polar surface area (TPSA) is 20.3 Å². The lowest BCUT2D eigenvalue weighted by molar-refractivity contribution is -0.137. The monoisotopic (exact) mass is 323 g/mol. The molecular weight excluding hydrogens is 302 g/mol. The number of hydrogen-bond donors (Lipinski definition) is 0. The van der Waals surface area contributed by atoms with Gasteiger partial charge in [0, 0.05) is 22.8 Å². The molecule has 4 bridgehead atoms. The molecule has 1 amide bonds. The van der Waals surface area contributed by atoms with Crippen LogP contribution in [0.4, 0.5) is 0 Å². The first-order valence-corrected chi connectivity index (χ1v) is 9.12. The first kappa shape index (κ1) is 11.6.